The molecule has 0 bridgehead atoms. The molecule has 0 saturated heterocycles. The third-order valence-electron chi connectivity index (χ3n) is 3.42. The molecule has 0 aromatic carbocycles. The van der Waals surface area contributed by atoms with Crippen molar-refractivity contribution in [2.45, 2.75) is 39.0 Å². The van der Waals surface area contributed by atoms with E-state index in [2.05, 4.69) is 15.5 Å². The highest BCUT2D eigenvalue weighted by molar-refractivity contribution is 7.15. The van der Waals surface area contributed by atoms with Crippen molar-refractivity contribution < 1.29 is 14.7 Å². The molecule has 0 radical (unpaired) electrons. The van der Waals surface area contributed by atoms with E-state index in [0.717, 1.165) is 24.3 Å². The molecule has 1 fully saturated rings. The zero-order chi connectivity index (χ0) is 13.8. The van der Waals surface area contributed by atoms with Crippen molar-refractivity contribution in [2.24, 2.45) is 11.8 Å². The van der Waals surface area contributed by atoms with Gasteiger partial charge in [0.1, 0.15) is 5.01 Å². The van der Waals surface area contributed by atoms with Crippen LogP contribution in [0.15, 0.2) is 0 Å². The zero-order valence-corrected chi connectivity index (χ0v) is 11.6. The summed E-state index contributed by atoms with van der Waals surface area (Å²) in [5, 5.41) is 21.0. The molecule has 6 nitrogen and oxygen atoms in total. The van der Waals surface area contributed by atoms with E-state index in [1.165, 1.54) is 11.3 Å². The minimum atomic E-state index is -0.883. The van der Waals surface area contributed by atoms with Gasteiger partial charge in [0.2, 0.25) is 11.0 Å². The first-order chi connectivity index (χ1) is 9.11. The number of nitrogens with one attached hydrogen (secondary N) is 1. The Kier molecular flexibility index (Phi) is 4.47. The molecule has 1 amide bonds. The van der Waals surface area contributed by atoms with Crippen molar-refractivity contribution in [2.75, 3.05) is 5.32 Å². The number of hydrogen-bond acceptors (Lipinski definition) is 5. The van der Waals surface area contributed by atoms with E-state index in [1.54, 1.807) is 0 Å². The Bertz CT molecular complexity index is 475. The van der Waals surface area contributed by atoms with Crippen LogP contribution in [0.3, 0.4) is 0 Å². The molecule has 1 aromatic rings. The molecular formula is C12H17N3O3S. The van der Waals surface area contributed by atoms with Crippen LogP contribution in [0.2, 0.25) is 0 Å². The average molecular weight is 283 g/mol. The van der Waals surface area contributed by atoms with Crippen LogP contribution in [0.5, 0.6) is 0 Å². The predicted molar refractivity (Wildman–Crippen MR) is 71.0 cm³/mol. The Morgan fingerprint density at radius 2 is 2.00 bits per heavy atom. The van der Waals surface area contributed by atoms with Crippen molar-refractivity contribution in [3.8, 4) is 0 Å². The van der Waals surface area contributed by atoms with E-state index >= 15 is 0 Å². The maximum atomic E-state index is 12.1. The molecule has 104 valence electrons. The molecular weight excluding hydrogens is 266 g/mol. The number of anilines is 1. The largest absolute Gasteiger partial charge is 0.481 e. The second-order valence-electron chi connectivity index (χ2n) is 4.68. The maximum absolute atomic E-state index is 12.1. The van der Waals surface area contributed by atoms with Crippen molar-refractivity contribution in [3.63, 3.8) is 0 Å². The first-order valence-corrected chi connectivity index (χ1v) is 7.29. The first kappa shape index (κ1) is 13.9. The van der Waals surface area contributed by atoms with Gasteiger partial charge < -0.3 is 10.4 Å². The molecule has 2 rings (SSSR count). The van der Waals surface area contributed by atoms with Crippen LogP contribution in [-0.2, 0) is 16.0 Å². The van der Waals surface area contributed by atoms with Gasteiger partial charge in [0.15, 0.2) is 0 Å². The molecule has 0 aliphatic heterocycles. The van der Waals surface area contributed by atoms with Gasteiger partial charge in [-0.05, 0) is 19.3 Å². The highest BCUT2D eigenvalue weighted by Gasteiger charge is 2.35. The molecule has 19 heavy (non-hydrogen) atoms. The van der Waals surface area contributed by atoms with Crippen molar-refractivity contribution in [1.29, 1.82) is 0 Å². The molecule has 0 unspecified atom stereocenters. The second kappa shape index (κ2) is 6.10. The second-order valence-corrected chi connectivity index (χ2v) is 5.74. The number of aromatic nitrogens is 2. The van der Waals surface area contributed by atoms with Gasteiger partial charge >= 0.3 is 5.97 Å². The number of rotatable bonds is 4. The van der Waals surface area contributed by atoms with Crippen LogP contribution < -0.4 is 5.32 Å². The fourth-order valence-electron chi connectivity index (χ4n) is 2.39. The summed E-state index contributed by atoms with van der Waals surface area (Å²) < 4.78 is 0. The van der Waals surface area contributed by atoms with Gasteiger partial charge in [0.05, 0.1) is 11.8 Å². The van der Waals surface area contributed by atoms with Gasteiger partial charge in [0.25, 0.3) is 0 Å². The summed E-state index contributed by atoms with van der Waals surface area (Å²) in [6.07, 6.45) is 3.75. The molecule has 2 atom stereocenters. The fourth-order valence-corrected chi connectivity index (χ4v) is 3.07. The number of carboxylic acids is 1. The third-order valence-corrected chi connectivity index (χ3v) is 4.40. The number of amides is 1. The van der Waals surface area contributed by atoms with Crippen molar-refractivity contribution in [1.82, 2.24) is 10.2 Å². The fraction of sp³-hybridized carbons (Fsp3) is 0.667. The van der Waals surface area contributed by atoms with Crippen LogP contribution in [0.25, 0.3) is 0 Å². The van der Waals surface area contributed by atoms with Gasteiger partial charge in [-0.1, -0.05) is 31.1 Å². The average Bonchev–Trinajstić information content (AvgIpc) is 2.86. The minimum Gasteiger partial charge on any atom is -0.481 e. The van der Waals surface area contributed by atoms with E-state index in [9.17, 15) is 9.59 Å². The van der Waals surface area contributed by atoms with Crippen molar-refractivity contribution in [3.05, 3.63) is 5.01 Å². The molecule has 7 heteroatoms. The van der Waals surface area contributed by atoms with E-state index in [0.29, 0.717) is 18.0 Å². The minimum absolute atomic E-state index is 0.245. The number of nitrogens with zero attached hydrogens (tertiary/aromatic N) is 2. The van der Waals surface area contributed by atoms with E-state index in [-0.39, 0.29) is 5.91 Å². The summed E-state index contributed by atoms with van der Waals surface area (Å²) in [6, 6.07) is 0. The summed E-state index contributed by atoms with van der Waals surface area (Å²) >= 11 is 1.33. The van der Waals surface area contributed by atoms with E-state index in [4.69, 9.17) is 5.11 Å². The predicted octanol–water partition coefficient (Wildman–Crippen LogP) is 1.93. The summed E-state index contributed by atoms with van der Waals surface area (Å²) in [4.78, 5) is 23.3. The van der Waals surface area contributed by atoms with Crippen LogP contribution in [0, 0.1) is 11.8 Å². The lowest BCUT2D eigenvalue weighted by Gasteiger charge is -2.26. The molecule has 1 aromatic heterocycles. The highest BCUT2D eigenvalue weighted by atomic mass is 32.1. The molecule has 0 spiro atoms. The lowest BCUT2D eigenvalue weighted by molar-refractivity contribution is -0.147. The van der Waals surface area contributed by atoms with Crippen LogP contribution in [-0.4, -0.2) is 27.2 Å². The topological polar surface area (TPSA) is 92.2 Å². The lowest BCUT2D eigenvalue weighted by atomic mass is 9.79. The Morgan fingerprint density at radius 1 is 1.32 bits per heavy atom. The first-order valence-electron chi connectivity index (χ1n) is 6.48. The summed E-state index contributed by atoms with van der Waals surface area (Å²) in [6.45, 7) is 1.97. The quantitative estimate of drug-likeness (QED) is 0.880. The molecule has 1 aliphatic carbocycles. The third kappa shape index (κ3) is 3.28. The standard InChI is InChI=1S/C12H17N3O3S/c1-2-9-14-15-12(19-9)13-10(16)7-5-3-4-6-8(7)11(17)18/h7-8H,2-6H2,1H3,(H,17,18)(H,13,15,16)/t7-,8-/m0/s1. The van der Waals surface area contributed by atoms with Gasteiger partial charge in [-0.3, -0.25) is 9.59 Å². The normalized spacial score (nSPS) is 23.0. The summed E-state index contributed by atoms with van der Waals surface area (Å²) in [5.74, 6) is -2.16. The Morgan fingerprint density at radius 3 is 2.58 bits per heavy atom. The highest BCUT2D eigenvalue weighted by Crippen LogP contribution is 2.31. The lowest BCUT2D eigenvalue weighted by Crippen LogP contribution is -2.36. The van der Waals surface area contributed by atoms with E-state index in [1.807, 2.05) is 6.92 Å². The van der Waals surface area contributed by atoms with Gasteiger partial charge in [-0.25, -0.2) is 0 Å². The smallest absolute Gasteiger partial charge is 0.307 e. The molecule has 2 N–H and O–H groups in total. The molecule has 1 saturated carbocycles. The number of aliphatic carboxylic acids is 1. The Labute approximate surface area is 115 Å². The van der Waals surface area contributed by atoms with Crippen molar-refractivity contribution >= 4 is 28.3 Å². The monoisotopic (exact) mass is 283 g/mol. The Hall–Kier alpha value is -1.50. The van der Waals surface area contributed by atoms with Gasteiger partial charge in [0, 0.05) is 0 Å². The molecule has 1 heterocycles. The van der Waals surface area contributed by atoms with Crippen LogP contribution in [0.4, 0.5) is 5.13 Å². The van der Waals surface area contributed by atoms with Crippen LogP contribution >= 0.6 is 11.3 Å². The molecule has 1 aliphatic rings. The summed E-state index contributed by atoms with van der Waals surface area (Å²) in [7, 11) is 0. The SMILES string of the molecule is CCc1nnc(NC(=O)[C@H]2CCCC[C@@H]2C(=O)O)s1. The maximum Gasteiger partial charge on any atom is 0.307 e. The number of carbonyl (C=O) groups is 2. The van der Waals surface area contributed by atoms with Gasteiger partial charge in [-0.15, -0.1) is 10.2 Å². The zero-order valence-electron chi connectivity index (χ0n) is 10.8. The number of carboxylic acid groups (broad SMARTS) is 1. The number of carbonyl (C=O) groups excluding carboxylic acids is 1. The number of hydrogen-bond donors (Lipinski definition) is 2. The number of aryl methyl sites for hydroxylation is 1. The van der Waals surface area contributed by atoms with Crippen LogP contribution in [0.1, 0.15) is 37.6 Å². The van der Waals surface area contributed by atoms with Gasteiger partial charge in [-0.2, -0.15) is 0 Å². The van der Waals surface area contributed by atoms with E-state index < -0.39 is 17.8 Å². The summed E-state index contributed by atoms with van der Waals surface area (Å²) in [5.41, 5.74) is 0. The Balaban J connectivity index is 2.03.